The molecule has 3 N–H and O–H groups in total. The van der Waals surface area contributed by atoms with Gasteiger partial charge in [-0.1, -0.05) is 19.3 Å². The van der Waals surface area contributed by atoms with Crippen molar-refractivity contribution >= 4 is 5.91 Å². The fourth-order valence-corrected chi connectivity index (χ4v) is 3.19. The molecule has 0 unspecified atom stereocenters. The van der Waals surface area contributed by atoms with E-state index in [1.165, 1.54) is 6.42 Å². The average Bonchev–Trinajstić information content (AvgIpc) is 2.77. The molecule has 1 heterocycles. The molecule has 1 atom stereocenters. The molecule has 4 nitrogen and oxygen atoms in total. The fourth-order valence-electron chi connectivity index (χ4n) is 3.19. The van der Waals surface area contributed by atoms with Crippen LogP contribution in [0.4, 0.5) is 0 Å². The molecule has 0 radical (unpaired) electrons. The van der Waals surface area contributed by atoms with E-state index in [9.17, 15) is 9.90 Å². The molecule has 1 saturated heterocycles. The molecule has 1 aliphatic heterocycles. The van der Waals surface area contributed by atoms with Gasteiger partial charge >= 0.3 is 0 Å². The quantitative estimate of drug-likeness (QED) is 0.774. The monoisotopic (exact) mass is 240 g/mol. The topological polar surface area (TPSA) is 66.6 Å². The van der Waals surface area contributed by atoms with E-state index in [0.717, 1.165) is 45.1 Å². The Morgan fingerprint density at radius 2 is 2.00 bits per heavy atom. The summed E-state index contributed by atoms with van der Waals surface area (Å²) in [5.74, 6) is 0.144. The zero-order chi connectivity index (χ0) is 12.3. The molecule has 4 heteroatoms. The van der Waals surface area contributed by atoms with Crippen LogP contribution in [0.25, 0.3) is 0 Å². The van der Waals surface area contributed by atoms with Gasteiger partial charge in [0, 0.05) is 18.5 Å². The summed E-state index contributed by atoms with van der Waals surface area (Å²) in [7, 11) is 0. The van der Waals surface area contributed by atoms with Crippen LogP contribution in [0.1, 0.15) is 51.4 Å². The van der Waals surface area contributed by atoms with Gasteiger partial charge in [0.25, 0.3) is 0 Å². The molecule has 2 rings (SSSR count). The fraction of sp³-hybridized carbons (Fsp3) is 0.923. The molecule has 0 spiro atoms. The highest BCUT2D eigenvalue weighted by molar-refractivity contribution is 5.78. The summed E-state index contributed by atoms with van der Waals surface area (Å²) in [5, 5.41) is 9.23. The van der Waals surface area contributed by atoms with Crippen molar-refractivity contribution in [1.29, 1.82) is 0 Å². The number of aliphatic hydroxyl groups is 1. The van der Waals surface area contributed by atoms with Crippen molar-refractivity contribution in [3.63, 3.8) is 0 Å². The van der Waals surface area contributed by atoms with Gasteiger partial charge in [0.05, 0.1) is 12.6 Å². The second-order valence-electron chi connectivity index (χ2n) is 5.67. The molecule has 98 valence electrons. The molecular formula is C13H24N2O2. The number of hydrogen-bond acceptors (Lipinski definition) is 3. The summed E-state index contributed by atoms with van der Waals surface area (Å²) >= 11 is 0. The molecule has 2 fully saturated rings. The van der Waals surface area contributed by atoms with E-state index in [0.29, 0.717) is 6.42 Å². The Balaban J connectivity index is 1.91. The van der Waals surface area contributed by atoms with Crippen molar-refractivity contribution < 1.29 is 9.90 Å². The predicted octanol–water partition coefficient (Wildman–Crippen LogP) is 1.02. The number of nitrogens with zero attached hydrogens (tertiary/aromatic N) is 1. The Morgan fingerprint density at radius 3 is 2.65 bits per heavy atom. The Kier molecular flexibility index (Phi) is 4.05. The van der Waals surface area contributed by atoms with Crippen LogP contribution >= 0.6 is 0 Å². The van der Waals surface area contributed by atoms with Crippen molar-refractivity contribution in [2.24, 2.45) is 5.73 Å². The van der Waals surface area contributed by atoms with Gasteiger partial charge in [-0.05, 0) is 25.7 Å². The number of rotatable bonds is 3. The van der Waals surface area contributed by atoms with Gasteiger partial charge < -0.3 is 15.7 Å². The van der Waals surface area contributed by atoms with Crippen LogP contribution in [0, 0.1) is 0 Å². The first-order valence-corrected chi connectivity index (χ1v) is 6.84. The summed E-state index contributed by atoms with van der Waals surface area (Å²) in [6.07, 6.45) is 7.88. The van der Waals surface area contributed by atoms with Gasteiger partial charge in [-0.3, -0.25) is 4.79 Å². The minimum absolute atomic E-state index is 0.0368. The van der Waals surface area contributed by atoms with E-state index in [4.69, 9.17) is 5.73 Å². The Bertz CT molecular complexity index is 275. The first-order chi connectivity index (χ1) is 8.14. The van der Waals surface area contributed by atoms with Crippen molar-refractivity contribution in [1.82, 2.24) is 4.90 Å². The minimum atomic E-state index is -0.280. The molecule has 0 aromatic heterocycles. The normalized spacial score (nSPS) is 28.4. The molecule has 0 aromatic carbocycles. The summed E-state index contributed by atoms with van der Waals surface area (Å²) < 4.78 is 0. The second kappa shape index (κ2) is 5.36. The van der Waals surface area contributed by atoms with E-state index >= 15 is 0 Å². The zero-order valence-corrected chi connectivity index (χ0v) is 10.5. The van der Waals surface area contributed by atoms with Gasteiger partial charge in [0.1, 0.15) is 0 Å². The van der Waals surface area contributed by atoms with Crippen molar-refractivity contribution in [3.8, 4) is 0 Å². The highest BCUT2D eigenvalue weighted by Gasteiger charge is 2.35. The highest BCUT2D eigenvalue weighted by atomic mass is 16.3. The zero-order valence-electron chi connectivity index (χ0n) is 10.5. The minimum Gasteiger partial charge on any atom is -0.394 e. The molecule has 0 aromatic rings. The van der Waals surface area contributed by atoms with Crippen LogP contribution in [0.3, 0.4) is 0 Å². The summed E-state index contributed by atoms with van der Waals surface area (Å²) in [5.41, 5.74) is 6.02. The molecular weight excluding hydrogens is 216 g/mol. The van der Waals surface area contributed by atoms with E-state index in [2.05, 4.69) is 0 Å². The number of amides is 1. The SMILES string of the molecule is NC1(CC(=O)N2CCC[C@H]2CO)CCCCC1. The highest BCUT2D eigenvalue weighted by Crippen LogP contribution is 2.30. The van der Waals surface area contributed by atoms with Crippen LogP contribution in [0.5, 0.6) is 0 Å². The average molecular weight is 240 g/mol. The van der Waals surface area contributed by atoms with E-state index < -0.39 is 0 Å². The van der Waals surface area contributed by atoms with E-state index in [1.807, 2.05) is 4.90 Å². The van der Waals surface area contributed by atoms with Crippen LogP contribution in [-0.2, 0) is 4.79 Å². The van der Waals surface area contributed by atoms with Gasteiger partial charge in [0.2, 0.25) is 5.91 Å². The van der Waals surface area contributed by atoms with Crippen LogP contribution in [-0.4, -0.2) is 40.6 Å². The lowest BCUT2D eigenvalue weighted by Gasteiger charge is -2.35. The van der Waals surface area contributed by atoms with E-state index in [-0.39, 0.29) is 24.1 Å². The third-order valence-electron chi connectivity index (χ3n) is 4.26. The summed E-state index contributed by atoms with van der Waals surface area (Å²) in [6, 6.07) is 0.0368. The molecule has 1 saturated carbocycles. The number of nitrogens with two attached hydrogens (primary N) is 1. The molecule has 2 aliphatic rings. The lowest BCUT2D eigenvalue weighted by Crippen LogP contribution is -2.48. The Hall–Kier alpha value is -0.610. The number of aliphatic hydroxyl groups excluding tert-OH is 1. The molecule has 0 bridgehead atoms. The third kappa shape index (κ3) is 2.99. The number of carbonyl (C=O) groups is 1. The first kappa shape index (κ1) is 12.8. The maximum absolute atomic E-state index is 12.2. The maximum Gasteiger partial charge on any atom is 0.224 e. The van der Waals surface area contributed by atoms with Crippen LogP contribution in [0.15, 0.2) is 0 Å². The van der Waals surface area contributed by atoms with Crippen LogP contribution in [0.2, 0.25) is 0 Å². The maximum atomic E-state index is 12.2. The largest absolute Gasteiger partial charge is 0.394 e. The molecule has 17 heavy (non-hydrogen) atoms. The van der Waals surface area contributed by atoms with Crippen LogP contribution < -0.4 is 5.73 Å². The van der Waals surface area contributed by atoms with Crippen molar-refractivity contribution in [2.45, 2.75) is 62.9 Å². The Labute approximate surface area is 103 Å². The van der Waals surface area contributed by atoms with E-state index in [1.54, 1.807) is 0 Å². The number of likely N-dealkylation sites (tertiary alicyclic amines) is 1. The second-order valence-corrected chi connectivity index (χ2v) is 5.67. The molecule has 1 aliphatic carbocycles. The van der Waals surface area contributed by atoms with Gasteiger partial charge in [0.15, 0.2) is 0 Å². The molecule has 1 amide bonds. The summed E-state index contributed by atoms with van der Waals surface area (Å²) in [6.45, 7) is 0.878. The predicted molar refractivity (Wildman–Crippen MR) is 66.4 cm³/mol. The van der Waals surface area contributed by atoms with Gasteiger partial charge in [-0.25, -0.2) is 0 Å². The summed E-state index contributed by atoms with van der Waals surface area (Å²) in [4.78, 5) is 14.1. The lowest BCUT2D eigenvalue weighted by molar-refractivity contribution is -0.134. The van der Waals surface area contributed by atoms with Crippen molar-refractivity contribution in [3.05, 3.63) is 0 Å². The van der Waals surface area contributed by atoms with Crippen molar-refractivity contribution in [2.75, 3.05) is 13.2 Å². The van der Waals surface area contributed by atoms with Gasteiger partial charge in [-0.2, -0.15) is 0 Å². The van der Waals surface area contributed by atoms with Gasteiger partial charge in [-0.15, -0.1) is 0 Å². The smallest absolute Gasteiger partial charge is 0.224 e. The Morgan fingerprint density at radius 1 is 1.29 bits per heavy atom. The number of hydrogen-bond donors (Lipinski definition) is 2. The number of carbonyl (C=O) groups excluding carboxylic acids is 1. The third-order valence-corrected chi connectivity index (χ3v) is 4.26. The lowest BCUT2D eigenvalue weighted by atomic mass is 9.80. The first-order valence-electron chi connectivity index (χ1n) is 6.84. The standard InChI is InChI=1S/C13H24N2O2/c14-13(6-2-1-3-7-13)9-12(17)15-8-4-5-11(15)10-16/h11,16H,1-10,14H2/t11-/m0/s1.